The lowest BCUT2D eigenvalue weighted by atomic mass is 10.1. The van der Waals surface area contributed by atoms with Gasteiger partial charge in [-0.3, -0.25) is 4.79 Å². The van der Waals surface area contributed by atoms with Crippen LogP contribution in [-0.4, -0.2) is 37.0 Å². The van der Waals surface area contributed by atoms with Crippen LogP contribution in [0.15, 0.2) is 24.3 Å². The standard InChI is InChI=1S/C14H20N2O2/c1-11-3-2-4-13(7-11)18-6-5-16-10-12(9-15)8-14(16)17/h2-4,7,12H,5-6,8-10,15H2,1H3. The van der Waals surface area contributed by atoms with Gasteiger partial charge in [-0.15, -0.1) is 0 Å². The molecule has 1 unspecified atom stereocenters. The summed E-state index contributed by atoms with van der Waals surface area (Å²) in [6.45, 7) is 4.56. The van der Waals surface area contributed by atoms with Crippen LogP contribution in [0.3, 0.4) is 0 Å². The summed E-state index contributed by atoms with van der Waals surface area (Å²) in [5.74, 6) is 1.37. The minimum atomic E-state index is 0.193. The molecule has 1 aliphatic heterocycles. The van der Waals surface area contributed by atoms with E-state index < -0.39 is 0 Å². The van der Waals surface area contributed by atoms with E-state index in [0.717, 1.165) is 12.3 Å². The molecule has 1 aromatic carbocycles. The Bertz CT molecular complexity index is 420. The van der Waals surface area contributed by atoms with Gasteiger partial charge >= 0.3 is 0 Å². The minimum Gasteiger partial charge on any atom is -0.492 e. The van der Waals surface area contributed by atoms with E-state index in [2.05, 4.69) is 0 Å². The summed E-state index contributed by atoms with van der Waals surface area (Å²) in [7, 11) is 0. The lowest BCUT2D eigenvalue weighted by Crippen LogP contribution is -2.30. The molecule has 1 fully saturated rings. The summed E-state index contributed by atoms with van der Waals surface area (Å²) in [4.78, 5) is 13.5. The largest absolute Gasteiger partial charge is 0.492 e. The summed E-state index contributed by atoms with van der Waals surface area (Å²) in [5.41, 5.74) is 6.76. The van der Waals surface area contributed by atoms with E-state index in [1.165, 1.54) is 5.56 Å². The first-order valence-electron chi connectivity index (χ1n) is 6.36. The maximum absolute atomic E-state index is 11.7. The molecule has 1 saturated heterocycles. The van der Waals surface area contributed by atoms with Crippen LogP contribution < -0.4 is 10.5 Å². The number of rotatable bonds is 5. The molecule has 4 heteroatoms. The van der Waals surface area contributed by atoms with E-state index in [0.29, 0.717) is 32.0 Å². The van der Waals surface area contributed by atoms with E-state index >= 15 is 0 Å². The molecule has 2 rings (SSSR count). The molecule has 1 amide bonds. The molecule has 0 radical (unpaired) electrons. The number of nitrogens with two attached hydrogens (primary N) is 1. The van der Waals surface area contributed by atoms with Gasteiger partial charge in [-0.25, -0.2) is 0 Å². The maximum Gasteiger partial charge on any atom is 0.223 e. The smallest absolute Gasteiger partial charge is 0.223 e. The van der Waals surface area contributed by atoms with Gasteiger partial charge in [-0.2, -0.15) is 0 Å². The Morgan fingerprint density at radius 2 is 2.33 bits per heavy atom. The predicted octanol–water partition coefficient (Wildman–Crippen LogP) is 1.18. The van der Waals surface area contributed by atoms with Crippen molar-refractivity contribution in [1.29, 1.82) is 0 Å². The average Bonchev–Trinajstić information content (AvgIpc) is 2.71. The predicted molar refractivity (Wildman–Crippen MR) is 70.4 cm³/mol. The highest BCUT2D eigenvalue weighted by molar-refractivity contribution is 5.78. The normalized spacial score (nSPS) is 19.3. The third-order valence-corrected chi connectivity index (χ3v) is 3.25. The zero-order valence-electron chi connectivity index (χ0n) is 10.8. The van der Waals surface area contributed by atoms with Crippen LogP contribution in [0.2, 0.25) is 0 Å². The van der Waals surface area contributed by atoms with Crippen molar-refractivity contribution in [3.63, 3.8) is 0 Å². The molecule has 1 heterocycles. The Balaban J connectivity index is 1.77. The van der Waals surface area contributed by atoms with Gasteiger partial charge < -0.3 is 15.4 Å². The topological polar surface area (TPSA) is 55.6 Å². The number of aryl methyl sites for hydroxylation is 1. The highest BCUT2D eigenvalue weighted by Crippen LogP contribution is 2.17. The molecule has 98 valence electrons. The second-order valence-electron chi connectivity index (χ2n) is 4.81. The molecule has 0 saturated carbocycles. The zero-order chi connectivity index (χ0) is 13.0. The molecular weight excluding hydrogens is 228 g/mol. The highest BCUT2D eigenvalue weighted by Gasteiger charge is 2.27. The van der Waals surface area contributed by atoms with Crippen LogP contribution in [0.4, 0.5) is 0 Å². The lowest BCUT2D eigenvalue weighted by Gasteiger charge is -2.16. The molecule has 0 spiro atoms. The average molecular weight is 248 g/mol. The number of likely N-dealkylation sites (tertiary alicyclic amines) is 1. The van der Waals surface area contributed by atoms with Gasteiger partial charge in [0, 0.05) is 13.0 Å². The summed E-state index contributed by atoms with van der Waals surface area (Å²) >= 11 is 0. The van der Waals surface area contributed by atoms with Crippen molar-refractivity contribution in [2.45, 2.75) is 13.3 Å². The van der Waals surface area contributed by atoms with Gasteiger partial charge in [-0.05, 0) is 37.1 Å². The Morgan fingerprint density at radius 3 is 3.00 bits per heavy atom. The molecule has 2 N–H and O–H groups in total. The van der Waals surface area contributed by atoms with Gasteiger partial charge in [-0.1, -0.05) is 12.1 Å². The van der Waals surface area contributed by atoms with E-state index in [-0.39, 0.29) is 5.91 Å². The molecule has 18 heavy (non-hydrogen) atoms. The quantitative estimate of drug-likeness (QED) is 0.851. The molecule has 0 bridgehead atoms. The van der Waals surface area contributed by atoms with Gasteiger partial charge in [0.1, 0.15) is 12.4 Å². The number of nitrogens with zero attached hydrogens (tertiary/aromatic N) is 1. The molecule has 1 aliphatic rings. The first kappa shape index (κ1) is 12.9. The van der Waals surface area contributed by atoms with Crippen molar-refractivity contribution in [2.24, 2.45) is 11.7 Å². The number of carbonyl (C=O) groups excluding carboxylic acids is 1. The monoisotopic (exact) mass is 248 g/mol. The Hall–Kier alpha value is -1.55. The Labute approximate surface area is 108 Å². The van der Waals surface area contributed by atoms with E-state index in [1.54, 1.807) is 0 Å². The summed E-state index contributed by atoms with van der Waals surface area (Å²) in [6.07, 6.45) is 0.584. The molecular formula is C14H20N2O2. The van der Waals surface area contributed by atoms with Crippen molar-refractivity contribution in [3.8, 4) is 5.75 Å². The van der Waals surface area contributed by atoms with Crippen LogP contribution in [-0.2, 0) is 4.79 Å². The van der Waals surface area contributed by atoms with Gasteiger partial charge in [0.15, 0.2) is 0 Å². The van der Waals surface area contributed by atoms with Gasteiger partial charge in [0.05, 0.1) is 6.54 Å². The third kappa shape index (κ3) is 3.23. The fraction of sp³-hybridized carbons (Fsp3) is 0.500. The van der Waals surface area contributed by atoms with E-state index in [9.17, 15) is 4.79 Å². The fourth-order valence-corrected chi connectivity index (χ4v) is 2.21. The van der Waals surface area contributed by atoms with Crippen LogP contribution in [0.5, 0.6) is 5.75 Å². The molecule has 1 atom stereocenters. The van der Waals surface area contributed by atoms with Crippen LogP contribution in [0.25, 0.3) is 0 Å². The van der Waals surface area contributed by atoms with Gasteiger partial charge in [0.2, 0.25) is 5.91 Å². The molecule has 0 aliphatic carbocycles. The fourth-order valence-electron chi connectivity index (χ4n) is 2.21. The first-order valence-corrected chi connectivity index (χ1v) is 6.36. The number of amides is 1. The van der Waals surface area contributed by atoms with E-state index in [4.69, 9.17) is 10.5 Å². The SMILES string of the molecule is Cc1cccc(OCCN2CC(CN)CC2=O)c1. The summed E-state index contributed by atoms with van der Waals surface area (Å²) in [5, 5.41) is 0. The second-order valence-corrected chi connectivity index (χ2v) is 4.81. The highest BCUT2D eigenvalue weighted by atomic mass is 16.5. The van der Waals surface area contributed by atoms with Crippen molar-refractivity contribution in [3.05, 3.63) is 29.8 Å². The lowest BCUT2D eigenvalue weighted by molar-refractivity contribution is -0.128. The van der Waals surface area contributed by atoms with Crippen molar-refractivity contribution in [2.75, 3.05) is 26.2 Å². The number of hydrogen-bond donors (Lipinski definition) is 1. The Morgan fingerprint density at radius 1 is 1.50 bits per heavy atom. The van der Waals surface area contributed by atoms with Crippen molar-refractivity contribution in [1.82, 2.24) is 4.90 Å². The third-order valence-electron chi connectivity index (χ3n) is 3.25. The molecule has 4 nitrogen and oxygen atoms in total. The van der Waals surface area contributed by atoms with Crippen molar-refractivity contribution >= 4 is 5.91 Å². The summed E-state index contributed by atoms with van der Waals surface area (Å²) < 4.78 is 5.64. The van der Waals surface area contributed by atoms with Crippen LogP contribution >= 0.6 is 0 Å². The zero-order valence-corrected chi connectivity index (χ0v) is 10.8. The van der Waals surface area contributed by atoms with Gasteiger partial charge in [0.25, 0.3) is 0 Å². The van der Waals surface area contributed by atoms with Crippen molar-refractivity contribution < 1.29 is 9.53 Å². The summed E-state index contributed by atoms with van der Waals surface area (Å²) in [6, 6.07) is 7.93. The maximum atomic E-state index is 11.7. The number of ether oxygens (including phenoxy) is 1. The first-order chi connectivity index (χ1) is 8.69. The Kier molecular flexibility index (Phi) is 4.20. The van der Waals surface area contributed by atoms with E-state index in [1.807, 2.05) is 36.1 Å². The molecule has 0 aromatic heterocycles. The van der Waals surface area contributed by atoms with Crippen LogP contribution in [0.1, 0.15) is 12.0 Å². The number of benzene rings is 1. The molecule has 1 aromatic rings. The number of hydrogen-bond acceptors (Lipinski definition) is 3. The second kappa shape index (κ2) is 5.87. The van der Waals surface area contributed by atoms with Crippen LogP contribution in [0, 0.1) is 12.8 Å². The number of carbonyl (C=O) groups is 1. The minimum absolute atomic E-state index is 0.193.